The van der Waals surface area contributed by atoms with Crippen LogP contribution in [0.2, 0.25) is 0 Å². The van der Waals surface area contributed by atoms with Gasteiger partial charge in [0.05, 0.1) is 0 Å². The second-order valence-electron chi connectivity index (χ2n) is 8.82. The number of rotatable bonds is 2. The molecule has 0 nitrogen and oxygen atoms in total. The Morgan fingerprint density at radius 3 is 2.06 bits per heavy atom. The summed E-state index contributed by atoms with van der Waals surface area (Å²) < 4.78 is 0. The monoisotopic (exact) mass is 266 g/mol. The van der Waals surface area contributed by atoms with Crippen LogP contribution >= 0.6 is 11.8 Å². The van der Waals surface area contributed by atoms with Crippen molar-refractivity contribution in [2.75, 3.05) is 6.26 Å². The van der Waals surface area contributed by atoms with E-state index in [2.05, 4.69) is 52.6 Å². The van der Waals surface area contributed by atoms with E-state index in [0.717, 1.165) is 34.8 Å². The molecule has 18 heavy (non-hydrogen) atoms. The van der Waals surface area contributed by atoms with Gasteiger partial charge in [-0.05, 0) is 65.9 Å². The zero-order valence-corrected chi connectivity index (χ0v) is 13.8. The summed E-state index contributed by atoms with van der Waals surface area (Å²) in [4.78, 5) is 0. The van der Waals surface area contributed by atoms with Gasteiger partial charge in [0.1, 0.15) is 0 Å². The van der Waals surface area contributed by atoms with Gasteiger partial charge in [0, 0.05) is 5.25 Å². The summed E-state index contributed by atoms with van der Waals surface area (Å²) in [6.45, 7) is 12.4. The van der Waals surface area contributed by atoms with Crippen LogP contribution in [0, 0.1) is 40.4 Å². The van der Waals surface area contributed by atoms with Gasteiger partial charge < -0.3 is 0 Å². The summed E-state index contributed by atoms with van der Waals surface area (Å²) in [5, 5.41) is 0.945. The highest BCUT2D eigenvalue weighted by molar-refractivity contribution is 7.99. The summed E-state index contributed by atoms with van der Waals surface area (Å²) in [6, 6.07) is 0. The minimum absolute atomic E-state index is 0.513. The predicted molar refractivity (Wildman–Crippen MR) is 81.8 cm³/mol. The summed E-state index contributed by atoms with van der Waals surface area (Å²) >= 11 is 2.12. The third-order valence-electron chi connectivity index (χ3n) is 6.69. The standard InChI is InChI=1S/C17H30S/c1-16(2,3)13-8-10(18-6)7-11(13)12-9-14-15(12)17(14,4)5/h10-15H,7-9H2,1-6H3. The van der Waals surface area contributed by atoms with Gasteiger partial charge in [-0.2, -0.15) is 11.8 Å². The molecule has 0 aliphatic heterocycles. The fraction of sp³-hybridized carbons (Fsp3) is 1.00. The summed E-state index contributed by atoms with van der Waals surface area (Å²) in [5.74, 6) is 5.26. The zero-order valence-electron chi connectivity index (χ0n) is 13.0. The van der Waals surface area contributed by atoms with E-state index in [-0.39, 0.29) is 0 Å². The van der Waals surface area contributed by atoms with Crippen molar-refractivity contribution >= 4 is 11.8 Å². The quantitative estimate of drug-likeness (QED) is 0.671. The van der Waals surface area contributed by atoms with Gasteiger partial charge in [0.15, 0.2) is 0 Å². The van der Waals surface area contributed by atoms with E-state index in [1.54, 1.807) is 6.42 Å². The third-order valence-corrected chi connectivity index (χ3v) is 7.74. The Hall–Kier alpha value is 0.350. The molecule has 0 bridgehead atoms. The molecule has 3 aliphatic carbocycles. The molecule has 6 unspecified atom stereocenters. The van der Waals surface area contributed by atoms with E-state index in [4.69, 9.17) is 0 Å². The second kappa shape index (κ2) is 3.93. The van der Waals surface area contributed by atoms with Gasteiger partial charge >= 0.3 is 0 Å². The lowest BCUT2D eigenvalue weighted by Gasteiger charge is -2.40. The van der Waals surface area contributed by atoms with E-state index in [0.29, 0.717) is 10.8 Å². The molecule has 104 valence electrons. The van der Waals surface area contributed by atoms with Crippen molar-refractivity contribution in [2.45, 2.75) is 59.1 Å². The van der Waals surface area contributed by atoms with E-state index in [1.165, 1.54) is 12.8 Å². The molecule has 0 aromatic carbocycles. The van der Waals surface area contributed by atoms with Crippen LogP contribution < -0.4 is 0 Å². The number of hydrogen-bond acceptors (Lipinski definition) is 1. The molecule has 0 spiro atoms. The van der Waals surface area contributed by atoms with Gasteiger partial charge in [0.25, 0.3) is 0 Å². The van der Waals surface area contributed by atoms with Crippen molar-refractivity contribution in [2.24, 2.45) is 40.4 Å². The smallest absolute Gasteiger partial charge is 0.00500 e. The highest BCUT2D eigenvalue weighted by Gasteiger charge is 2.70. The fourth-order valence-electron chi connectivity index (χ4n) is 5.46. The molecule has 3 fully saturated rings. The zero-order chi connectivity index (χ0) is 13.3. The second-order valence-corrected chi connectivity index (χ2v) is 9.96. The molecule has 3 saturated carbocycles. The molecule has 0 N–H and O–H groups in total. The minimum atomic E-state index is 0.513. The van der Waals surface area contributed by atoms with Crippen molar-refractivity contribution in [3.8, 4) is 0 Å². The Morgan fingerprint density at radius 2 is 1.67 bits per heavy atom. The lowest BCUT2D eigenvalue weighted by atomic mass is 9.65. The Kier molecular flexibility index (Phi) is 2.91. The SMILES string of the molecule is CSC1CC(C2CC3C2C3(C)C)C(C(C)(C)C)C1. The van der Waals surface area contributed by atoms with Crippen molar-refractivity contribution in [3.63, 3.8) is 0 Å². The van der Waals surface area contributed by atoms with Crippen LogP contribution in [0.1, 0.15) is 53.9 Å². The summed E-state index contributed by atoms with van der Waals surface area (Å²) in [6.07, 6.45) is 6.85. The number of fused-ring (bicyclic) bond motifs is 1. The summed E-state index contributed by atoms with van der Waals surface area (Å²) in [7, 11) is 0. The molecule has 0 aromatic rings. The highest BCUT2D eigenvalue weighted by atomic mass is 32.2. The lowest BCUT2D eigenvalue weighted by molar-refractivity contribution is 0.0850. The van der Waals surface area contributed by atoms with Gasteiger partial charge in [-0.15, -0.1) is 0 Å². The average Bonchev–Trinajstić information content (AvgIpc) is 2.56. The Morgan fingerprint density at radius 1 is 1.00 bits per heavy atom. The van der Waals surface area contributed by atoms with Gasteiger partial charge in [-0.25, -0.2) is 0 Å². The lowest BCUT2D eigenvalue weighted by Crippen LogP contribution is -2.33. The molecule has 3 aliphatic rings. The Labute approximate surface area is 118 Å². The normalized spacial score (nSPS) is 49.7. The Bertz CT molecular complexity index is 338. The molecule has 0 amide bonds. The predicted octanol–water partition coefficient (Wildman–Crippen LogP) is 5.08. The molecule has 0 saturated heterocycles. The molecule has 0 heterocycles. The first-order valence-electron chi connectivity index (χ1n) is 7.79. The van der Waals surface area contributed by atoms with Gasteiger partial charge in [-0.1, -0.05) is 34.6 Å². The molecule has 6 atom stereocenters. The first-order chi connectivity index (χ1) is 8.26. The molecular formula is C17H30S. The molecule has 0 radical (unpaired) electrons. The van der Waals surface area contributed by atoms with Crippen LogP contribution in [0.3, 0.4) is 0 Å². The first-order valence-corrected chi connectivity index (χ1v) is 9.08. The highest BCUT2D eigenvalue weighted by Crippen LogP contribution is 2.76. The van der Waals surface area contributed by atoms with Crippen LogP contribution in [0.25, 0.3) is 0 Å². The Balaban J connectivity index is 1.74. The average molecular weight is 266 g/mol. The maximum absolute atomic E-state index is 2.51. The maximum Gasteiger partial charge on any atom is 0.00500 e. The molecule has 1 heteroatoms. The first kappa shape index (κ1) is 13.3. The van der Waals surface area contributed by atoms with E-state index < -0.39 is 0 Å². The van der Waals surface area contributed by atoms with Crippen molar-refractivity contribution in [3.05, 3.63) is 0 Å². The van der Waals surface area contributed by atoms with E-state index in [9.17, 15) is 0 Å². The van der Waals surface area contributed by atoms with Crippen LogP contribution in [0.4, 0.5) is 0 Å². The number of thioether (sulfide) groups is 1. The maximum atomic E-state index is 2.51. The molecule has 3 rings (SSSR count). The van der Waals surface area contributed by atoms with Crippen LogP contribution in [0.15, 0.2) is 0 Å². The minimum Gasteiger partial charge on any atom is -0.162 e. The largest absolute Gasteiger partial charge is 0.162 e. The van der Waals surface area contributed by atoms with Crippen LogP contribution in [-0.4, -0.2) is 11.5 Å². The van der Waals surface area contributed by atoms with Crippen molar-refractivity contribution < 1.29 is 0 Å². The van der Waals surface area contributed by atoms with Gasteiger partial charge in [-0.3, -0.25) is 0 Å². The molecular weight excluding hydrogens is 236 g/mol. The van der Waals surface area contributed by atoms with E-state index >= 15 is 0 Å². The third kappa shape index (κ3) is 1.79. The van der Waals surface area contributed by atoms with Gasteiger partial charge in [0.2, 0.25) is 0 Å². The van der Waals surface area contributed by atoms with Crippen LogP contribution in [0.5, 0.6) is 0 Å². The summed E-state index contributed by atoms with van der Waals surface area (Å²) in [5.41, 5.74) is 1.21. The van der Waals surface area contributed by atoms with Crippen molar-refractivity contribution in [1.29, 1.82) is 0 Å². The topological polar surface area (TPSA) is 0 Å². The van der Waals surface area contributed by atoms with Crippen molar-refractivity contribution in [1.82, 2.24) is 0 Å². The van der Waals surface area contributed by atoms with Crippen LogP contribution in [-0.2, 0) is 0 Å². The van der Waals surface area contributed by atoms with E-state index in [1.807, 2.05) is 0 Å². The number of hydrogen-bond donors (Lipinski definition) is 0. The molecule has 0 aromatic heterocycles. The fourth-order valence-corrected chi connectivity index (χ4v) is 6.27.